The molecule has 0 unspecified atom stereocenters. The molecule has 1 aromatic heterocycles. The van der Waals surface area contributed by atoms with Crippen molar-refractivity contribution in [3.63, 3.8) is 0 Å². The van der Waals surface area contributed by atoms with Crippen LogP contribution in [0.3, 0.4) is 0 Å². The Kier molecular flexibility index (Phi) is 5.84. The predicted molar refractivity (Wildman–Crippen MR) is 122 cm³/mol. The van der Waals surface area contributed by atoms with E-state index in [1.165, 1.54) is 12.1 Å². The summed E-state index contributed by atoms with van der Waals surface area (Å²) in [5.41, 5.74) is 2.64. The molecule has 0 saturated carbocycles. The molecule has 1 amide bonds. The Labute approximate surface area is 194 Å². The quantitative estimate of drug-likeness (QED) is 0.586. The second-order valence-corrected chi connectivity index (χ2v) is 8.06. The lowest BCUT2D eigenvalue weighted by Crippen LogP contribution is -2.42. The van der Waals surface area contributed by atoms with Crippen molar-refractivity contribution in [2.75, 3.05) is 36.6 Å². The third-order valence-corrected chi connectivity index (χ3v) is 5.79. The van der Waals surface area contributed by atoms with Crippen molar-refractivity contribution in [2.45, 2.75) is 13.2 Å². The molecule has 1 saturated heterocycles. The Bertz CT molecular complexity index is 1220. The minimum Gasteiger partial charge on any atom is -0.349 e. The van der Waals surface area contributed by atoms with Crippen molar-refractivity contribution in [2.24, 2.45) is 0 Å². The predicted octanol–water partition coefficient (Wildman–Crippen LogP) is 3.87. The summed E-state index contributed by atoms with van der Waals surface area (Å²) >= 11 is 6.46. The summed E-state index contributed by atoms with van der Waals surface area (Å²) in [4.78, 5) is 24.1. The largest absolute Gasteiger partial charge is 0.349 e. The molecule has 0 spiro atoms. The van der Waals surface area contributed by atoms with Crippen LogP contribution in [0.5, 0.6) is 0 Å². The van der Waals surface area contributed by atoms with Gasteiger partial charge in [-0.1, -0.05) is 23.7 Å². The van der Waals surface area contributed by atoms with E-state index in [-0.39, 0.29) is 24.0 Å². The molecule has 10 heteroatoms. The summed E-state index contributed by atoms with van der Waals surface area (Å²) in [6.45, 7) is 3.34. The molecule has 1 fully saturated rings. The van der Waals surface area contributed by atoms with E-state index in [0.29, 0.717) is 59.1 Å². The molecular weight excluding hydrogens is 449 g/mol. The number of hydrogen-bond donors (Lipinski definition) is 2. The Morgan fingerprint density at radius 2 is 2.00 bits per heavy atom. The van der Waals surface area contributed by atoms with Gasteiger partial charge in [0, 0.05) is 5.56 Å². The molecule has 0 radical (unpaired) electrons. The van der Waals surface area contributed by atoms with Crippen LogP contribution in [0.15, 0.2) is 42.5 Å². The molecule has 33 heavy (non-hydrogen) atoms. The number of halogens is 2. The monoisotopic (exact) mass is 469 g/mol. The molecule has 3 aromatic rings. The average molecular weight is 470 g/mol. The topological polar surface area (TPSA) is 88.6 Å². The zero-order valence-electron chi connectivity index (χ0n) is 17.8. The van der Waals surface area contributed by atoms with Crippen LogP contribution in [0, 0.1) is 12.7 Å². The van der Waals surface area contributed by atoms with E-state index < -0.39 is 6.29 Å². The molecule has 2 aliphatic rings. The summed E-state index contributed by atoms with van der Waals surface area (Å²) in [6, 6.07) is 11.7. The standard InChI is InChI=1S/C23H21ClFN5O3/c1-13-10-14(25)6-7-15(13)20-19-21(29-23(28-20)26-11-18-32-8-9-33-18)30(12-27-22(19)31)17-5-3-2-4-16(17)24/h2-7,10,18H,8-9,11-12H2,1H3,(H,27,31)(H,26,28,29). The molecule has 8 nitrogen and oxygen atoms in total. The molecule has 0 bridgehead atoms. The fourth-order valence-electron chi connectivity index (χ4n) is 3.90. The maximum Gasteiger partial charge on any atom is 0.258 e. The average Bonchev–Trinajstić information content (AvgIpc) is 3.32. The number of carbonyl (C=O) groups excluding carboxylic acids is 1. The summed E-state index contributed by atoms with van der Waals surface area (Å²) in [5, 5.41) is 6.52. The highest BCUT2D eigenvalue weighted by molar-refractivity contribution is 6.33. The number of aromatic nitrogens is 2. The Morgan fingerprint density at radius 1 is 1.21 bits per heavy atom. The van der Waals surface area contributed by atoms with Crippen LogP contribution in [0.4, 0.5) is 21.8 Å². The number of benzene rings is 2. The molecule has 2 aromatic carbocycles. The molecule has 2 N–H and O–H groups in total. The highest BCUT2D eigenvalue weighted by atomic mass is 35.5. The van der Waals surface area contributed by atoms with E-state index in [0.717, 1.165) is 0 Å². The van der Waals surface area contributed by atoms with Crippen molar-refractivity contribution in [1.29, 1.82) is 0 Å². The zero-order valence-corrected chi connectivity index (χ0v) is 18.5. The number of nitrogens with one attached hydrogen (secondary N) is 2. The zero-order chi connectivity index (χ0) is 22.9. The first-order chi connectivity index (χ1) is 16.0. The first-order valence-electron chi connectivity index (χ1n) is 10.5. The fourth-order valence-corrected chi connectivity index (χ4v) is 4.14. The lowest BCUT2D eigenvalue weighted by Gasteiger charge is -2.32. The molecular formula is C23H21ClFN5O3. The molecule has 170 valence electrons. The third-order valence-electron chi connectivity index (χ3n) is 5.47. The number of para-hydroxylation sites is 1. The van der Waals surface area contributed by atoms with Crippen LogP contribution in [-0.4, -0.2) is 48.6 Å². The van der Waals surface area contributed by atoms with Gasteiger partial charge in [-0.15, -0.1) is 0 Å². The van der Waals surface area contributed by atoms with Gasteiger partial charge < -0.3 is 25.0 Å². The van der Waals surface area contributed by atoms with Gasteiger partial charge in [-0.2, -0.15) is 4.98 Å². The van der Waals surface area contributed by atoms with Crippen molar-refractivity contribution < 1.29 is 18.7 Å². The molecule has 0 atom stereocenters. The Morgan fingerprint density at radius 3 is 2.76 bits per heavy atom. The number of amides is 1. The minimum atomic E-state index is -0.413. The Balaban J connectivity index is 1.66. The van der Waals surface area contributed by atoms with Crippen LogP contribution >= 0.6 is 11.6 Å². The molecule has 3 heterocycles. The van der Waals surface area contributed by atoms with Crippen LogP contribution < -0.4 is 15.5 Å². The van der Waals surface area contributed by atoms with E-state index in [2.05, 4.69) is 20.6 Å². The summed E-state index contributed by atoms with van der Waals surface area (Å²) in [5.74, 6) is 0.00546. The van der Waals surface area contributed by atoms with Gasteiger partial charge in [-0.05, 0) is 42.8 Å². The SMILES string of the molecule is Cc1cc(F)ccc1-c1nc(NCC2OCCO2)nc2c1C(=O)NCN2c1ccccc1Cl. The van der Waals surface area contributed by atoms with Gasteiger partial charge in [0.25, 0.3) is 5.91 Å². The van der Waals surface area contributed by atoms with E-state index in [1.807, 2.05) is 23.1 Å². The maximum atomic E-state index is 13.8. The molecule has 0 aliphatic carbocycles. The number of aryl methyl sites for hydroxylation is 1. The number of carbonyl (C=O) groups is 1. The van der Waals surface area contributed by atoms with E-state index in [1.54, 1.807) is 19.1 Å². The highest BCUT2D eigenvalue weighted by Gasteiger charge is 2.32. The maximum absolute atomic E-state index is 13.8. The second-order valence-electron chi connectivity index (χ2n) is 7.65. The van der Waals surface area contributed by atoms with Gasteiger partial charge in [0.05, 0.1) is 42.8 Å². The van der Waals surface area contributed by atoms with Crippen molar-refractivity contribution in [3.05, 3.63) is 64.4 Å². The number of anilines is 3. The van der Waals surface area contributed by atoms with E-state index in [9.17, 15) is 9.18 Å². The van der Waals surface area contributed by atoms with Crippen molar-refractivity contribution in [3.8, 4) is 11.3 Å². The van der Waals surface area contributed by atoms with Crippen LogP contribution in [-0.2, 0) is 9.47 Å². The third kappa shape index (κ3) is 4.22. The van der Waals surface area contributed by atoms with Crippen molar-refractivity contribution >= 4 is 35.0 Å². The number of hydrogen-bond acceptors (Lipinski definition) is 7. The minimum absolute atomic E-state index is 0.183. The van der Waals surface area contributed by atoms with E-state index in [4.69, 9.17) is 21.1 Å². The van der Waals surface area contributed by atoms with Crippen LogP contribution in [0.25, 0.3) is 11.3 Å². The van der Waals surface area contributed by atoms with Gasteiger partial charge >= 0.3 is 0 Å². The first kappa shape index (κ1) is 21.6. The van der Waals surface area contributed by atoms with E-state index >= 15 is 0 Å². The van der Waals surface area contributed by atoms with Gasteiger partial charge in [0.1, 0.15) is 11.4 Å². The van der Waals surface area contributed by atoms with Crippen LogP contribution in [0.1, 0.15) is 15.9 Å². The van der Waals surface area contributed by atoms with Gasteiger partial charge in [-0.3, -0.25) is 4.79 Å². The highest BCUT2D eigenvalue weighted by Crippen LogP contribution is 2.38. The fraction of sp³-hybridized carbons (Fsp3) is 0.261. The number of nitrogens with zero attached hydrogens (tertiary/aromatic N) is 3. The number of rotatable bonds is 5. The first-order valence-corrected chi connectivity index (χ1v) is 10.8. The van der Waals surface area contributed by atoms with Gasteiger partial charge in [-0.25, -0.2) is 9.37 Å². The molecule has 2 aliphatic heterocycles. The van der Waals surface area contributed by atoms with Crippen molar-refractivity contribution in [1.82, 2.24) is 15.3 Å². The van der Waals surface area contributed by atoms with Gasteiger partial charge in [0.15, 0.2) is 12.1 Å². The summed E-state index contributed by atoms with van der Waals surface area (Å²) in [7, 11) is 0. The normalized spacial score (nSPS) is 16.0. The Hall–Kier alpha value is -3.27. The smallest absolute Gasteiger partial charge is 0.258 e. The number of fused-ring (bicyclic) bond motifs is 1. The lowest BCUT2D eigenvalue weighted by atomic mass is 9.99. The van der Waals surface area contributed by atoms with Gasteiger partial charge in [0.2, 0.25) is 5.95 Å². The second kappa shape index (κ2) is 8.93. The summed E-state index contributed by atoms with van der Waals surface area (Å²) < 4.78 is 24.8. The number of ether oxygens (including phenoxy) is 2. The summed E-state index contributed by atoms with van der Waals surface area (Å²) in [6.07, 6.45) is -0.413. The lowest BCUT2D eigenvalue weighted by molar-refractivity contribution is -0.0300. The molecule has 5 rings (SSSR count). The van der Waals surface area contributed by atoms with Crippen LogP contribution in [0.2, 0.25) is 5.02 Å².